The fraction of sp³-hybridized carbons (Fsp3) is 0.286. The van der Waals surface area contributed by atoms with Gasteiger partial charge in [-0.3, -0.25) is 4.79 Å². The number of nitrogens with one attached hydrogen (secondary N) is 1. The molecule has 1 unspecified atom stereocenters. The van der Waals surface area contributed by atoms with E-state index in [1.807, 2.05) is 25.1 Å². The third-order valence-corrected chi connectivity index (χ3v) is 3.27. The van der Waals surface area contributed by atoms with Crippen LogP contribution in [-0.4, -0.2) is 28.8 Å². The second-order valence-corrected chi connectivity index (χ2v) is 5.05. The molecule has 3 N–H and O–H groups in total. The van der Waals surface area contributed by atoms with E-state index in [4.69, 9.17) is 17.3 Å². The lowest BCUT2D eigenvalue weighted by Crippen LogP contribution is -2.20. The summed E-state index contributed by atoms with van der Waals surface area (Å²) in [5.74, 6) is -0.223. The number of hydrogen-bond acceptors (Lipinski definition) is 3. The van der Waals surface area contributed by atoms with Crippen LogP contribution < -0.4 is 11.1 Å². The first-order valence-corrected chi connectivity index (χ1v) is 6.71. The van der Waals surface area contributed by atoms with Gasteiger partial charge in [0.15, 0.2) is 5.69 Å². The molecule has 0 spiro atoms. The van der Waals surface area contributed by atoms with Crippen LogP contribution in [-0.2, 0) is 6.42 Å². The predicted molar refractivity (Wildman–Crippen MR) is 79.3 cm³/mol. The highest BCUT2D eigenvalue weighted by Gasteiger charge is 2.13. The Bertz CT molecular complexity index is 621. The molecule has 0 saturated carbocycles. The number of halogens is 1. The molecule has 0 radical (unpaired) electrons. The quantitative estimate of drug-likeness (QED) is 0.902. The molecule has 2 aromatic rings. The van der Waals surface area contributed by atoms with Crippen LogP contribution in [0.2, 0.25) is 5.02 Å². The molecule has 0 saturated heterocycles. The molecule has 1 amide bonds. The van der Waals surface area contributed by atoms with Gasteiger partial charge in [0, 0.05) is 24.3 Å². The second-order valence-electron chi connectivity index (χ2n) is 4.64. The van der Waals surface area contributed by atoms with Gasteiger partial charge in [0.1, 0.15) is 0 Å². The summed E-state index contributed by atoms with van der Waals surface area (Å²) in [6.45, 7) is 1.92. The molecule has 1 aromatic heterocycles. The zero-order chi connectivity index (χ0) is 14.7. The van der Waals surface area contributed by atoms with Gasteiger partial charge in [0.25, 0.3) is 5.91 Å². The number of nitrogens with two attached hydrogens (primary N) is 1. The molecular formula is C14H17ClN4O. The van der Waals surface area contributed by atoms with Gasteiger partial charge < -0.3 is 11.1 Å². The van der Waals surface area contributed by atoms with Crippen molar-refractivity contribution in [1.29, 1.82) is 0 Å². The first-order chi connectivity index (χ1) is 9.52. The van der Waals surface area contributed by atoms with E-state index < -0.39 is 0 Å². The molecule has 20 heavy (non-hydrogen) atoms. The van der Waals surface area contributed by atoms with E-state index in [-0.39, 0.29) is 11.9 Å². The summed E-state index contributed by atoms with van der Waals surface area (Å²) in [7, 11) is 1.57. The fourth-order valence-corrected chi connectivity index (χ4v) is 2.24. The smallest absolute Gasteiger partial charge is 0.271 e. The molecule has 0 aliphatic carbocycles. The van der Waals surface area contributed by atoms with E-state index in [0.29, 0.717) is 17.1 Å². The van der Waals surface area contributed by atoms with Crippen molar-refractivity contribution >= 4 is 17.5 Å². The highest BCUT2D eigenvalue weighted by atomic mass is 35.5. The zero-order valence-corrected chi connectivity index (χ0v) is 12.2. The molecular weight excluding hydrogens is 276 g/mol. The van der Waals surface area contributed by atoms with Crippen molar-refractivity contribution in [3.05, 3.63) is 46.7 Å². The highest BCUT2D eigenvalue weighted by molar-refractivity contribution is 6.31. The molecule has 0 fully saturated rings. The third-order valence-electron chi connectivity index (χ3n) is 2.92. The van der Waals surface area contributed by atoms with Crippen LogP contribution in [0.5, 0.6) is 0 Å². The molecule has 106 valence electrons. The third kappa shape index (κ3) is 3.00. The van der Waals surface area contributed by atoms with Crippen molar-refractivity contribution < 1.29 is 4.79 Å². The summed E-state index contributed by atoms with van der Waals surface area (Å²) in [6, 6.07) is 7.23. The van der Waals surface area contributed by atoms with Crippen LogP contribution in [0.25, 0.3) is 5.69 Å². The van der Waals surface area contributed by atoms with Crippen molar-refractivity contribution in [2.75, 3.05) is 7.05 Å². The number of aromatic nitrogens is 2. The van der Waals surface area contributed by atoms with E-state index in [1.54, 1.807) is 24.0 Å². The van der Waals surface area contributed by atoms with Crippen LogP contribution in [0.3, 0.4) is 0 Å². The largest absolute Gasteiger partial charge is 0.354 e. The molecule has 0 bridgehead atoms. The molecule has 1 atom stereocenters. The van der Waals surface area contributed by atoms with Gasteiger partial charge in [-0.15, -0.1) is 0 Å². The van der Waals surface area contributed by atoms with Crippen molar-refractivity contribution in [3.8, 4) is 5.69 Å². The monoisotopic (exact) mass is 292 g/mol. The number of carbonyl (C=O) groups is 1. The number of benzene rings is 1. The van der Waals surface area contributed by atoms with Crippen LogP contribution in [0, 0.1) is 0 Å². The lowest BCUT2D eigenvalue weighted by molar-refractivity contribution is 0.0957. The topological polar surface area (TPSA) is 72.9 Å². The maximum atomic E-state index is 11.6. The highest BCUT2D eigenvalue weighted by Crippen LogP contribution is 2.24. The maximum Gasteiger partial charge on any atom is 0.271 e. The van der Waals surface area contributed by atoms with Crippen molar-refractivity contribution in [2.45, 2.75) is 19.4 Å². The summed E-state index contributed by atoms with van der Waals surface area (Å²) in [5.41, 5.74) is 7.99. The normalized spacial score (nSPS) is 12.2. The van der Waals surface area contributed by atoms with E-state index in [9.17, 15) is 4.79 Å². The average Bonchev–Trinajstić information content (AvgIpc) is 2.89. The van der Waals surface area contributed by atoms with Crippen LogP contribution in [0.15, 0.2) is 30.5 Å². The molecule has 0 aliphatic heterocycles. The van der Waals surface area contributed by atoms with Crippen molar-refractivity contribution in [2.24, 2.45) is 5.73 Å². The number of rotatable bonds is 4. The van der Waals surface area contributed by atoms with Gasteiger partial charge in [-0.1, -0.05) is 17.7 Å². The fourth-order valence-electron chi connectivity index (χ4n) is 1.99. The Morgan fingerprint density at radius 2 is 2.25 bits per heavy atom. The Hall–Kier alpha value is -1.85. The summed E-state index contributed by atoms with van der Waals surface area (Å²) >= 11 is 6.24. The zero-order valence-electron chi connectivity index (χ0n) is 11.4. The van der Waals surface area contributed by atoms with Crippen molar-refractivity contribution in [1.82, 2.24) is 15.1 Å². The maximum absolute atomic E-state index is 11.6. The lowest BCUT2D eigenvalue weighted by Gasteiger charge is -2.13. The SMILES string of the molecule is CNC(=O)c1ccn(-c2cccc(Cl)c2CC(C)N)n1. The molecule has 6 heteroatoms. The van der Waals surface area contributed by atoms with Gasteiger partial charge in [-0.2, -0.15) is 5.10 Å². The number of carbonyl (C=O) groups excluding carboxylic acids is 1. The Balaban J connectivity index is 2.44. The first kappa shape index (κ1) is 14.6. The Morgan fingerprint density at radius 3 is 2.90 bits per heavy atom. The predicted octanol–water partition coefficient (Wildman–Crippen LogP) is 1.78. The lowest BCUT2D eigenvalue weighted by atomic mass is 10.1. The minimum absolute atomic E-state index is 0.0115. The number of nitrogens with zero attached hydrogens (tertiary/aromatic N) is 2. The minimum Gasteiger partial charge on any atom is -0.354 e. The van der Waals surface area contributed by atoms with Gasteiger partial charge in [0.05, 0.1) is 5.69 Å². The Labute approximate surface area is 122 Å². The summed E-state index contributed by atoms with van der Waals surface area (Å²) in [5, 5.41) is 7.46. The summed E-state index contributed by atoms with van der Waals surface area (Å²) < 4.78 is 1.65. The van der Waals surface area contributed by atoms with E-state index in [0.717, 1.165) is 11.3 Å². The van der Waals surface area contributed by atoms with Crippen LogP contribution in [0.4, 0.5) is 0 Å². The number of amides is 1. The van der Waals surface area contributed by atoms with Gasteiger partial charge in [-0.25, -0.2) is 4.68 Å². The molecule has 1 aromatic carbocycles. The van der Waals surface area contributed by atoms with E-state index in [1.165, 1.54) is 0 Å². The summed E-state index contributed by atoms with van der Waals surface area (Å²) in [6.07, 6.45) is 2.38. The molecule has 1 heterocycles. The second kappa shape index (κ2) is 6.07. The van der Waals surface area contributed by atoms with Crippen molar-refractivity contribution in [3.63, 3.8) is 0 Å². The Morgan fingerprint density at radius 1 is 1.50 bits per heavy atom. The molecule has 0 aliphatic rings. The van der Waals surface area contributed by atoms with Gasteiger partial charge in [0.2, 0.25) is 0 Å². The Kier molecular flexibility index (Phi) is 4.42. The molecule has 2 rings (SSSR count). The van der Waals surface area contributed by atoms with E-state index >= 15 is 0 Å². The summed E-state index contributed by atoms with van der Waals surface area (Å²) in [4.78, 5) is 11.6. The average molecular weight is 293 g/mol. The van der Waals surface area contributed by atoms with E-state index in [2.05, 4.69) is 10.4 Å². The van der Waals surface area contributed by atoms with Crippen LogP contribution in [0.1, 0.15) is 23.0 Å². The first-order valence-electron chi connectivity index (χ1n) is 6.34. The minimum atomic E-state index is -0.223. The number of hydrogen-bond donors (Lipinski definition) is 2. The van der Waals surface area contributed by atoms with Gasteiger partial charge in [-0.05, 0) is 37.1 Å². The molecule has 5 nitrogen and oxygen atoms in total. The van der Waals surface area contributed by atoms with Gasteiger partial charge >= 0.3 is 0 Å². The van der Waals surface area contributed by atoms with Crippen LogP contribution >= 0.6 is 11.6 Å². The standard InChI is InChI=1S/C14H17ClN4O/c1-9(16)8-10-11(15)4-3-5-13(10)19-7-6-12(18-19)14(20)17-2/h3-7,9H,8,16H2,1-2H3,(H,17,20).